The molecule has 1 amide bonds. The zero-order chi connectivity index (χ0) is 15.0. The van der Waals surface area contributed by atoms with Gasteiger partial charge in [-0.3, -0.25) is 9.48 Å². The molecule has 1 aromatic heterocycles. The van der Waals surface area contributed by atoms with Crippen molar-refractivity contribution in [3.05, 3.63) is 51.8 Å². The molecule has 0 radical (unpaired) electrons. The van der Waals surface area contributed by atoms with Crippen LogP contribution in [-0.2, 0) is 11.3 Å². The molecule has 1 heterocycles. The molecule has 2 aromatic rings. The second kappa shape index (κ2) is 5.64. The maximum atomic E-state index is 12.1. The third-order valence-corrected chi connectivity index (χ3v) is 4.56. The number of benzene rings is 1. The summed E-state index contributed by atoms with van der Waals surface area (Å²) in [6.45, 7) is 4.19. The molecular weight excluding hydrogens is 330 g/mol. The predicted octanol–water partition coefficient (Wildman–Crippen LogP) is 2.93. The molecule has 3 rings (SSSR count). The number of halogens is 1. The van der Waals surface area contributed by atoms with E-state index in [1.807, 2.05) is 38.1 Å². The van der Waals surface area contributed by atoms with Crippen LogP contribution in [0.15, 0.2) is 34.8 Å². The zero-order valence-electron chi connectivity index (χ0n) is 12.1. The van der Waals surface area contributed by atoms with Crippen molar-refractivity contribution < 1.29 is 4.79 Å². The molecule has 1 saturated carbocycles. The van der Waals surface area contributed by atoms with Gasteiger partial charge in [-0.05, 0) is 38.0 Å². The van der Waals surface area contributed by atoms with Crippen LogP contribution < -0.4 is 5.32 Å². The first-order valence-corrected chi connectivity index (χ1v) is 7.88. The first-order chi connectivity index (χ1) is 10.0. The van der Waals surface area contributed by atoms with Gasteiger partial charge in [0, 0.05) is 22.1 Å². The summed E-state index contributed by atoms with van der Waals surface area (Å²) in [6.07, 6.45) is 1.01. The predicted molar refractivity (Wildman–Crippen MR) is 85.1 cm³/mol. The number of amides is 1. The first kappa shape index (κ1) is 14.3. The molecule has 0 spiro atoms. The van der Waals surface area contributed by atoms with Crippen LogP contribution in [-0.4, -0.2) is 21.7 Å². The van der Waals surface area contributed by atoms with Crippen LogP contribution in [0.3, 0.4) is 0 Å². The van der Waals surface area contributed by atoms with E-state index in [-0.39, 0.29) is 11.9 Å². The van der Waals surface area contributed by atoms with Gasteiger partial charge in [0.1, 0.15) is 6.54 Å². The average molecular weight is 348 g/mol. The molecular formula is C16H18BrN3O. The van der Waals surface area contributed by atoms with Crippen molar-refractivity contribution in [3.63, 3.8) is 0 Å². The molecule has 1 aliphatic rings. The van der Waals surface area contributed by atoms with E-state index in [9.17, 15) is 4.79 Å². The largest absolute Gasteiger partial charge is 0.351 e. The lowest BCUT2D eigenvalue weighted by atomic mass is 10.1. The fraction of sp³-hybridized carbons (Fsp3) is 0.375. The van der Waals surface area contributed by atoms with Crippen molar-refractivity contribution >= 4 is 21.8 Å². The third kappa shape index (κ3) is 3.18. The van der Waals surface area contributed by atoms with E-state index in [1.165, 1.54) is 5.56 Å². The van der Waals surface area contributed by atoms with Gasteiger partial charge in [0.25, 0.3) is 0 Å². The Balaban J connectivity index is 1.58. The maximum Gasteiger partial charge on any atom is 0.241 e. The number of rotatable bonds is 4. The highest BCUT2D eigenvalue weighted by atomic mass is 79.9. The van der Waals surface area contributed by atoms with E-state index < -0.39 is 0 Å². The lowest BCUT2D eigenvalue weighted by Gasteiger charge is -2.07. The smallest absolute Gasteiger partial charge is 0.241 e. The van der Waals surface area contributed by atoms with Crippen molar-refractivity contribution in [2.75, 3.05) is 0 Å². The van der Waals surface area contributed by atoms with Gasteiger partial charge in [-0.25, -0.2) is 0 Å². The van der Waals surface area contributed by atoms with Crippen LogP contribution in [0.4, 0.5) is 0 Å². The normalized spacial score (nSPS) is 20.3. The Morgan fingerprint density at radius 2 is 2.19 bits per heavy atom. The van der Waals surface area contributed by atoms with Crippen molar-refractivity contribution in [2.45, 2.75) is 38.8 Å². The van der Waals surface area contributed by atoms with E-state index in [2.05, 4.69) is 32.4 Å². The summed E-state index contributed by atoms with van der Waals surface area (Å²) in [5.74, 6) is 0.450. The van der Waals surface area contributed by atoms with Gasteiger partial charge < -0.3 is 5.32 Å². The molecule has 21 heavy (non-hydrogen) atoms. The summed E-state index contributed by atoms with van der Waals surface area (Å²) in [7, 11) is 0. The summed E-state index contributed by atoms with van der Waals surface area (Å²) < 4.78 is 2.87. The highest BCUT2D eigenvalue weighted by Crippen LogP contribution is 2.43. The highest BCUT2D eigenvalue weighted by molar-refractivity contribution is 9.10. The van der Waals surface area contributed by atoms with Crippen LogP contribution in [0.25, 0.3) is 0 Å². The molecule has 0 unspecified atom stereocenters. The van der Waals surface area contributed by atoms with E-state index in [4.69, 9.17) is 0 Å². The number of aryl methyl sites for hydroxylation is 2. The second-order valence-electron chi connectivity index (χ2n) is 5.62. The van der Waals surface area contributed by atoms with E-state index in [1.54, 1.807) is 4.68 Å². The minimum Gasteiger partial charge on any atom is -0.351 e. The number of nitrogens with zero attached hydrogens (tertiary/aromatic N) is 2. The Kier molecular flexibility index (Phi) is 3.85. The Morgan fingerprint density at radius 3 is 2.86 bits per heavy atom. The van der Waals surface area contributed by atoms with Gasteiger partial charge >= 0.3 is 0 Å². The summed E-state index contributed by atoms with van der Waals surface area (Å²) in [5.41, 5.74) is 3.23. The van der Waals surface area contributed by atoms with Crippen molar-refractivity contribution in [1.29, 1.82) is 0 Å². The molecule has 1 N–H and O–H groups in total. The van der Waals surface area contributed by atoms with Gasteiger partial charge in [-0.2, -0.15) is 5.10 Å². The number of nitrogens with one attached hydrogen (secondary N) is 1. The summed E-state index contributed by atoms with van der Waals surface area (Å²) >= 11 is 3.57. The van der Waals surface area contributed by atoms with Gasteiger partial charge in [0.15, 0.2) is 0 Å². The van der Waals surface area contributed by atoms with Crippen molar-refractivity contribution in [1.82, 2.24) is 15.1 Å². The first-order valence-electron chi connectivity index (χ1n) is 7.09. The monoisotopic (exact) mass is 347 g/mol. The number of carbonyl (C=O) groups excluding carboxylic acids is 1. The van der Waals surface area contributed by atoms with Crippen LogP contribution in [0.5, 0.6) is 0 Å². The Labute approximate surface area is 132 Å². The SMILES string of the molecule is Cc1cc(C)n(CC(=O)N[C@@H]2C[C@H]2c2ccccc2Br)n1. The Bertz CT molecular complexity index is 680. The number of aromatic nitrogens is 2. The van der Waals surface area contributed by atoms with Crippen LogP contribution in [0, 0.1) is 13.8 Å². The van der Waals surface area contributed by atoms with Gasteiger partial charge in [-0.15, -0.1) is 0 Å². The third-order valence-electron chi connectivity index (χ3n) is 3.84. The molecule has 2 atom stereocenters. The lowest BCUT2D eigenvalue weighted by molar-refractivity contribution is -0.122. The molecule has 1 aliphatic carbocycles. The highest BCUT2D eigenvalue weighted by Gasteiger charge is 2.40. The van der Waals surface area contributed by atoms with E-state index >= 15 is 0 Å². The maximum absolute atomic E-state index is 12.1. The van der Waals surface area contributed by atoms with Gasteiger partial charge in [0.05, 0.1) is 5.69 Å². The number of carbonyl (C=O) groups is 1. The molecule has 0 bridgehead atoms. The standard InChI is InChI=1S/C16H18BrN3O/c1-10-7-11(2)20(19-10)9-16(21)18-15-8-13(15)12-5-3-4-6-14(12)17/h3-7,13,15H,8-9H2,1-2H3,(H,18,21)/t13-,15+/m0/s1. The van der Waals surface area contributed by atoms with Crippen LogP contribution in [0.2, 0.25) is 0 Å². The molecule has 0 aliphatic heterocycles. The Morgan fingerprint density at radius 1 is 1.43 bits per heavy atom. The van der Waals surface area contributed by atoms with Crippen LogP contribution in [0.1, 0.15) is 29.3 Å². The van der Waals surface area contributed by atoms with Gasteiger partial charge in [0.2, 0.25) is 5.91 Å². The van der Waals surface area contributed by atoms with Crippen molar-refractivity contribution in [3.8, 4) is 0 Å². The fourth-order valence-electron chi connectivity index (χ4n) is 2.70. The number of hydrogen-bond acceptors (Lipinski definition) is 2. The topological polar surface area (TPSA) is 46.9 Å². The molecule has 4 nitrogen and oxygen atoms in total. The molecule has 1 aromatic carbocycles. The van der Waals surface area contributed by atoms with Gasteiger partial charge in [-0.1, -0.05) is 34.1 Å². The Hall–Kier alpha value is -1.62. The van der Waals surface area contributed by atoms with Crippen molar-refractivity contribution in [2.24, 2.45) is 0 Å². The lowest BCUT2D eigenvalue weighted by Crippen LogP contribution is -2.30. The quantitative estimate of drug-likeness (QED) is 0.924. The molecule has 0 saturated heterocycles. The minimum absolute atomic E-state index is 0.0285. The van der Waals surface area contributed by atoms with E-state index in [0.29, 0.717) is 12.5 Å². The summed E-state index contributed by atoms with van der Waals surface area (Å²) in [4.78, 5) is 12.1. The molecule has 5 heteroatoms. The van der Waals surface area contributed by atoms with E-state index in [0.717, 1.165) is 22.3 Å². The average Bonchev–Trinajstić information content (AvgIpc) is 3.09. The summed E-state index contributed by atoms with van der Waals surface area (Å²) in [5, 5.41) is 7.41. The second-order valence-corrected chi connectivity index (χ2v) is 6.48. The zero-order valence-corrected chi connectivity index (χ0v) is 13.7. The fourth-order valence-corrected chi connectivity index (χ4v) is 3.28. The molecule has 110 valence electrons. The summed E-state index contributed by atoms with van der Waals surface area (Å²) in [6, 6.07) is 10.4. The van der Waals surface area contributed by atoms with Crippen LogP contribution >= 0.6 is 15.9 Å². The number of hydrogen-bond donors (Lipinski definition) is 1. The minimum atomic E-state index is 0.0285. The molecule has 1 fully saturated rings.